The molecule has 2 aromatic rings. The smallest absolute Gasteiger partial charge is 0.224 e. The zero-order chi connectivity index (χ0) is 13.4. The summed E-state index contributed by atoms with van der Waals surface area (Å²) in [5, 5.41) is 1.38. The van der Waals surface area contributed by atoms with Crippen molar-refractivity contribution in [3.05, 3.63) is 23.0 Å². The first-order valence-electron chi connectivity index (χ1n) is 6.42. The van der Waals surface area contributed by atoms with Crippen LogP contribution in [0.15, 0.2) is 12.1 Å². The van der Waals surface area contributed by atoms with Crippen LogP contribution in [-0.2, 0) is 4.74 Å². The highest BCUT2D eigenvalue weighted by atomic mass is 35.5. The fourth-order valence-corrected chi connectivity index (χ4v) is 2.72. The molecule has 0 N–H and O–H groups in total. The third-order valence-electron chi connectivity index (χ3n) is 3.40. The van der Waals surface area contributed by atoms with E-state index in [1.807, 2.05) is 0 Å². The zero-order valence-electron chi connectivity index (χ0n) is 11.1. The van der Waals surface area contributed by atoms with Gasteiger partial charge in [-0.3, -0.25) is 0 Å². The van der Waals surface area contributed by atoms with Gasteiger partial charge in [-0.05, 0) is 24.1 Å². The molecule has 0 spiro atoms. The highest BCUT2D eigenvalue weighted by Crippen LogP contribution is 2.27. The maximum atomic E-state index is 6.07. The van der Waals surface area contributed by atoms with Crippen molar-refractivity contribution >= 4 is 41.6 Å². The lowest BCUT2D eigenvalue weighted by Gasteiger charge is -2.28. The summed E-state index contributed by atoms with van der Waals surface area (Å²) < 4.78 is 5.39. The van der Waals surface area contributed by atoms with E-state index in [2.05, 4.69) is 41.8 Å². The SMILES string of the molecule is Bc1cc(C)c2nc(Cl)nc(N3CCOCC3)c2c1. The van der Waals surface area contributed by atoms with Crippen LogP contribution in [0.25, 0.3) is 10.9 Å². The minimum Gasteiger partial charge on any atom is -0.378 e. The molecule has 2 heterocycles. The number of rotatable bonds is 1. The fourth-order valence-electron chi connectivity index (χ4n) is 2.56. The Bertz CT molecular complexity index is 629. The second-order valence-corrected chi connectivity index (χ2v) is 5.23. The Kier molecular flexibility index (Phi) is 3.33. The van der Waals surface area contributed by atoms with Crippen LogP contribution >= 0.6 is 11.6 Å². The third-order valence-corrected chi connectivity index (χ3v) is 3.57. The molecule has 0 atom stereocenters. The van der Waals surface area contributed by atoms with Crippen LogP contribution in [-0.4, -0.2) is 44.1 Å². The van der Waals surface area contributed by atoms with E-state index >= 15 is 0 Å². The fraction of sp³-hybridized carbons (Fsp3) is 0.385. The third kappa shape index (κ3) is 2.40. The lowest BCUT2D eigenvalue weighted by Crippen LogP contribution is -2.37. The molecule has 0 saturated carbocycles. The summed E-state index contributed by atoms with van der Waals surface area (Å²) in [6.07, 6.45) is 0. The number of fused-ring (bicyclic) bond motifs is 1. The topological polar surface area (TPSA) is 38.2 Å². The van der Waals surface area contributed by atoms with Gasteiger partial charge in [0.15, 0.2) is 0 Å². The Morgan fingerprint density at radius 1 is 1.26 bits per heavy atom. The van der Waals surface area contributed by atoms with Crippen molar-refractivity contribution < 1.29 is 4.74 Å². The number of ether oxygens (including phenoxy) is 1. The molecule has 1 fully saturated rings. The van der Waals surface area contributed by atoms with Gasteiger partial charge in [0.2, 0.25) is 5.28 Å². The van der Waals surface area contributed by atoms with Crippen LogP contribution in [0.1, 0.15) is 5.56 Å². The van der Waals surface area contributed by atoms with E-state index in [1.54, 1.807) is 0 Å². The minimum atomic E-state index is 0.306. The average Bonchev–Trinajstić information content (AvgIpc) is 2.40. The second-order valence-electron chi connectivity index (χ2n) is 4.89. The van der Waals surface area contributed by atoms with Crippen LogP contribution in [0, 0.1) is 6.92 Å². The van der Waals surface area contributed by atoms with Crippen LogP contribution < -0.4 is 10.4 Å². The lowest BCUT2D eigenvalue weighted by atomic mass is 9.92. The van der Waals surface area contributed by atoms with Gasteiger partial charge in [0.25, 0.3) is 0 Å². The van der Waals surface area contributed by atoms with Gasteiger partial charge in [-0.1, -0.05) is 17.6 Å². The molecule has 0 aliphatic carbocycles. The monoisotopic (exact) mass is 275 g/mol. The molecular formula is C13H15BClN3O. The number of hydrogen-bond donors (Lipinski definition) is 0. The average molecular weight is 276 g/mol. The van der Waals surface area contributed by atoms with Crippen molar-refractivity contribution in [3.63, 3.8) is 0 Å². The first kappa shape index (κ1) is 12.7. The molecule has 1 aliphatic heterocycles. The second kappa shape index (κ2) is 4.98. The first-order chi connectivity index (χ1) is 9.15. The molecule has 3 rings (SSSR count). The van der Waals surface area contributed by atoms with Gasteiger partial charge in [-0.25, -0.2) is 4.98 Å². The molecule has 98 valence electrons. The number of anilines is 1. The summed E-state index contributed by atoms with van der Waals surface area (Å²) in [5.41, 5.74) is 3.28. The summed E-state index contributed by atoms with van der Waals surface area (Å²) in [4.78, 5) is 11.0. The van der Waals surface area contributed by atoms with Gasteiger partial charge < -0.3 is 9.64 Å². The van der Waals surface area contributed by atoms with E-state index in [0.717, 1.165) is 48.6 Å². The lowest BCUT2D eigenvalue weighted by molar-refractivity contribution is 0.122. The van der Waals surface area contributed by atoms with Crippen LogP contribution in [0.4, 0.5) is 5.82 Å². The van der Waals surface area contributed by atoms with Gasteiger partial charge in [0, 0.05) is 18.5 Å². The van der Waals surface area contributed by atoms with E-state index in [1.165, 1.54) is 5.46 Å². The summed E-state index contributed by atoms with van der Waals surface area (Å²) in [6, 6.07) is 4.25. The Labute approximate surface area is 118 Å². The molecule has 0 unspecified atom stereocenters. The predicted molar refractivity (Wildman–Crippen MR) is 80.5 cm³/mol. The molecule has 1 aliphatic rings. The molecule has 19 heavy (non-hydrogen) atoms. The van der Waals surface area contributed by atoms with Crippen LogP contribution in [0.2, 0.25) is 5.28 Å². The van der Waals surface area contributed by atoms with Crippen molar-refractivity contribution in [2.75, 3.05) is 31.2 Å². The van der Waals surface area contributed by atoms with Gasteiger partial charge in [-0.15, -0.1) is 0 Å². The quantitative estimate of drug-likeness (QED) is 0.567. The summed E-state index contributed by atoms with van der Waals surface area (Å²) in [7, 11) is 2.09. The molecule has 0 bridgehead atoms. The Morgan fingerprint density at radius 2 is 2.00 bits per heavy atom. The Morgan fingerprint density at radius 3 is 2.74 bits per heavy atom. The first-order valence-corrected chi connectivity index (χ1v) is 6.80. The summed E-state index contributed by atoms with van der Waals surface area (Å²) in [5.74, 6) is 0.921. The van der Waals surface area contributed by atoms with Gasteiger partial charge in [-0.2, -0.15) is 4.98 Å². The van der Waals surface area contributed by atoms with Crippen molar-refractivity contribution in [1.82, 2.24) is 9.97 Å². The van der Waals surface area contributed by atoms with Crippen molar-refractivity contribution in [2.24, 2.45) is 0 Å². The number of aryl methyl sites for hydroxylation is 1. The van der Waals surface area contributed by atoms with Gasteiger partial charge in [0.05, 0.1) is 18.7 Å². The maximum absolute atomic E-state index is 6.07. The van der Waals surface area contributed by atoms with E-state index in [-0.39, 0.29) is 0 Å². The normalized spacial score (nSPS) is 16.0. The van der Waals surface area contributed by atoms with Crippen molar-refractivity contribution in [2.45, 2.75) is 6.92 Å². The highest BCUT2D eigenvalue weighted by Gasteiger charge is 2.17. The molecule has 4 nitrogen and oxygen atoms in total. The minimum absolute atomic E-state index is 0.306. The number of nitrogens with zero attached hydrogens (tertiary/aromatic N) is 3. The maximum Gasteiger partial charge on any atom is 0.224 e. The van der Waals surface area contributed by atoms with Gasteiger partial charge in [0.1, 0.15) is 13.7 Å². The molecule has 0 amide bonds. The van der Waals surface area contributed by atoms with E-state index in [9.17, 15) is 0 Å². The number of hydrogen-bond acceptors (Lipinski definition) is 4. The van der Waals surface area contributed by atoms with Gasteiger partial charge >= 0.3 is 0 Å². The number of benzene rings is 1. The molecular weight excluding hydrogens is 260 g/mol. The van der Waals surface area contributed by atoms with E-state index in [0.29, 0.717) is 5.28 Å². The number of halogens is 1. The summed E-state index contributed by atoms with van der Waals surface area (Å²) in [6.45, 7) is 5.20. The van der Waals surface area contributed by atoms with Crippen LogP contribution in [0.3, 0.4) is 0 Å². The highest BCUT2D eigenvalue weighted by molar-refractivity contribution is 6.33. The largest absolute Gasteiger partial charge is 0.378 e. The standard InChI is InChI=1S/C13H15BClN3O/c1-8-6-9(14)7-10-11(8)16-13(15)17-12(10)18-2-4-19-5-3-18/h6-7H,2-5,14H2,1H3. The molecule has 1 saturated heterocycles. The number of morpholine rings is 1. The Balaban J connectivity index is 2.21. The molecule has 0 radical (unpaired) electrons. The number of aromatic nitrogens is 2. The molecule has 1 aromatic carbocycles. The van der Waals surface area contributed by atoms with E-state index in [4.69, 9.17) is 16.3 Å². The zero-order valence-corrected chi connectivity index (χ0v) is 11.9. The predicted octanol–water partition coefficient (Wildman–Crippen LogP) is 0.687. The van der Waals surface area contributed by atoms with Crippen molar-refractivity contribution in [1.29, 1.82) is 0 Å². The Hall–Kier alpha value is -1.33. The molecule has 1 aromatic heterocycles. The summed E-state index contributed by atoms with van der Waals surface area (Å²) >= 11 is 6.07. The van der Waals surface area contributed by atoms with Crippen LogP contribution in [0.5, 0.6) is 0 Å². The van der Waals surface area contributed by atoms with E-state index < -0.39 is 0 Å². The molecule has 6 heteroatoms. The van der Waals surface area contributed by atoms with Crippen molar-refractivity contribution in [3.8, 4) is 0 Å².